The zero-order chi connectivity index (χ0) is 14.5. The normalized spacial score (nSPS) is 18.8. The molecule has 0 fully saturated rings. The molecule has 3 rings (SSSR count). The summed E-state index contributed by atoms with van der Waals surface area (Å²) < 4.78 is 0. The van der Waals surface area contributed by atoms with Crippen molar-refractivity contribution in [1.82, 2.24) is 0 Å². The van der Waals surface area contributed by atoms with E-state index in [-0.39, 0.29) is 10.8 Å². The van der Waals surface area contributed by atoms with Crippen molar-refractivity contribution in [3.8, 4) is 0 Å². The van der Waals surface area contributed by atoms with Crippen LogP contribution in [0.25, 0.3) is 10.8 Å². The predicted octanol–water partition coefficient (Wildman–Crippen LogP) is 4.78. The number of fused-ring (bicyclic) bond motifs is 2. The van der Waals surface area contributed by atoms with Crippen LogP contribution in [0.3, 0.4) is 0 Å². The number of hydrogen-bond donors (Lipinski definition) is 0. The fraction of sp³-hybridized carbons (Fsp3) is 0.316. The van der Waals surface area contributed by atoms with Crippen molar-refractivity contribution in [2.24, 2.45) is 0 Å². The van der Waals surface area contributed by atoms with Crippen LogP contribution >= 0.6 is 0 Å². The molecule has 1 nitrogen and oxygen atoms in total. The Balaban J connectivity index is 2.35. The average molecular weight is 264 g/mol. The van der Waals surface area contributed by atoms with Gasteiger partial charge in [0, 0.05) is 16.4 Å². The smallest absolute Gasteiger partial charge is 0.150 e. The van der Waals surface area contributed by atoms with Crippen molar-refractivity contribution in [2.75, 3.05) is 0 Å². The number of carbonyl (C=O) groups is 1. The third kappa shape index (κ3) is 1.89. The molecule has 1 aliphatic rings. The van der Waals surface area contributed by atoms with E-state index in [0.29, 0.717) is 0 Å². The summed E-state index contributed by atoms with van der Waals surface area (Å²) in [6, 6.07) is 10.4. The summed E-state index contributed by atoms with van der Waals surface area (Å²) in [6.45, 7) is 8.99. The summed E-state index contributed by atoms with van der Waals surface area (Å²) >= 11 is 0. The first-order valence-corrected chi connectivity index (χ1v) is 7.08. The van der Waals surface area contributed by atoms with Gasteiger partial charge in [-0.15, -0.1) is 0 Å². The van der Waals surface area contributed by atoms with Crippen molar-refractivity contribution in [2.45, 2.75) is 38.5 Å². The summed E-state index contributed by atoms with van der Waals surface area (Å²) in [7, 11) is 0. The molecule has 0 unspecified atom stereocenters. The highest BCUT2D eigenvalue weighted by Gasteiger charge is 2.32. The van der Waals surface area contributed by atoms with Gasteiger partial charge < -0.3 is 0 Å². The quantitative estimate of drug-likeness (QED) is 0.535. The Labute approximate surface area is 120 Å². The fourth-order valence-electron chi connectivity index (χ4n) is 3.05. The highest BCUT2D eigenvalue weighted by atomic mass is 16.1. The molecule has 0 amide bonds. The highest BCUT2D eigenvalue weighted by molar-refractivity contribution is 5.90. The largest absolute Gasteiger partial charge is 0.298 e. The number of rotatable bonds is 1. The van der Waals surface area contributed by atoms with Crippen molar-refractivity contribution < 1.29 is 4.79 Å². The highest BCUT2D eigenvalue weighted by Crippen LogP contribution is 2.42. The molecule has 0 aromatic heterocycles. The predicted molar refractivity (Wildman–Crippen MR) is 84.5 cm³/mol. The Hall–Kier alpha value is -1.89. The van der Waals surface area contributed by atoms with Crippen molar-refractivity contribution in [1.29, 1.82) is 0 Å². The molecule has 0 saturated heterocycles. The van der Waals surface area contributed by atoms with Gasteiger partial charge in [0.15, 0.2) is 0 Å². The van der Waals surface area contributed by atoms with Gasteiger partial charge in [-0.3, -0.25) is 4.79 Å². The van der Waals surface area contributed by atoms with E-state index in [0.717, 1.165) is 17.2 Å². The SMILES string of the molecule is CC1(C)C=CC(C)(C)c2cc3cc(C=O)ccc3cc21. The summed E-state index contributed by atoms with van der Waals surface area (Å²) in [4.78, 5) is 11.0. The van der Waals surface area contributed by atoms with Gasteiger partial charge in [0.1, 0.15) is 6.29 Å². The first-order chi connectivity index (χ1) is 9.33. The minimum atomic E-state index is 0.0379. The van der Waals surface area contributed by atoms with Gasteiger partial charge in [0.2, 0.25) is 0 Å². The number of hydrogen-bond acceptors (Lipinski definition) is 1. The number of aldehydes is 1. The minimum absolute atomic E-state index is 0.0379. The van der Waals surface area contributed by atoms with Crippen LogP contribution in [-0.2, 0) is 10.8 Å². The second-order valence-electron chi connectivity index (χ2n) is 6.90. The second kappa shape index (κ2) is 4.05. The van der Waals surface area contributed by atoms with E-state index in [1.54, 1.807) is 0 Å². The lowest BCUT2D eigenvalue weighted by Crippen LogP contribution is -2.28. The molecular weight excluding hydrogens is 244 g/mol. The minimum Gasteiger partial charge on any atom is -0.298 e. The van der Waals surface area contributed by atoms with E-state index < -0.39 is 0 Å². The maximum absolute atomic E-state index is 11.0. The summed E-state index contributed by atoms with van der Waals surface area (Å²) in [6.07, 6.45) is 5.51. The molecule has 2 aromatic rings. The maximum atomic E-state index is 11.0. The molecule has 0 saturated carbocycles. The summed E-state index contributed by atoms with van der Waals surface area (Å²) in [5.41, 5.74) is 3.58. The van der Waals surface area contributed by atoms with E-state index in [2.05, 4.69) is 52.0 Å². The third-order valence-corrected chi connectivity index (χ3v) is 4.44. The Kier molecular flexibility index (Phi) is 2.66. The molecule has 0 heterocycles. The molecule has 20 heavy (non-hydrogen) atoms. The van der Waals surface area contributed by atoms with Gasteiger partial charge in [-0.05, 0) is 40.1 Å². The first kappa shape index (κ1) is 13.1. The zero-order valence-corrected chi connectivity index (χ0v) is 12.5. The van der Waals surface area contributed by atoms with E-state index >= 15 is 0 Å². The van der Waals surface area contributed by atoms with Crippen molar-refractivity contribution >= 4 is 17.1 Å². The van der Waals surface area contributed by atoms with E-state index in [1.807, 2.05) is 18.2 Å². The van der Waals surface area contributed by atoms with Crippen LogP contribution in [0.15, 0.2) is 42.5 Å². The molecule has 1 heteroatoms. The van der Waals surface area contributed by atoms with Crippen LogP contribution in [0.2, 0.25) is 0 Å². The lowest BCUT2D eigenvalue weighted by atomic mass is 9.67. The van der Waals surface area contributed by atoms with E-state index in [4.69, 9.17) is 0 Å². The standard InChI is InChI=1S/C19H20O/c1-18(2)7-8-19(3,4)17-11-15-9-13(12-20)5-6-14(15)10-16(17)18/h5-12H,1-4H3. The Morgan fingerprint density at radius 3 is 1.90 bits per heavy atom. The fourth-order valence-corrected chi connectivity index (χ4v) is 3.05. The third-order valence-electron chi connectivity index (χ3n) is 4.44. The Morgan fingerprint density at radius 2 is 1.35 bits per heavy atom. The molecular formula is C19H20O. The Bertz CT molecular complexity index is 733. The first-order valence-electron chi connectivity index (χ1n) is 7.08. The molecule has 0 spiro atoms. The van der Waals surface area contributed by atoms with Crippen molar-refractivity contribution in [3.63, 3.8) is 0 Å². The maximum Gasteiger partial charge on any atom is 0.150 e. The Morgan fingerprint density at radius 1 is 0.800 bits per heavy atom. The van der Waals surface area contributed by atoms with E-state index in [1.165, 1.54) is 16.5 Å². The van der Waals surface area contributed by atoms with Crippen molar-refractivity contribution in [3.05, 3.63) is 59.2 Å². The molecule has 0 N–H and O–H groups in total. The number of benzene rings is 2. The van der Waals surface area contributed by atoms with Gasteiger partial charge in [0.25, 0.3) is 0 Å². The number of carbonyl (C=O) groups excluding carboxylic acids is 1. The molecule has 102 valence electrons. The molecule has 0 bridgehead atoms. The average Bonchev–Trinajstić information content (AvgIpc) is 2.42. The van der Waals surface area contributed by atoms with E-state index in [9.17, 15) is 4.79 Å². The van der Waals surface area contributed by atoms with Gasteiger partial charge in [-0.25, -0.2) is 0 Å². The zero-order valence-electron chi connectivity index (χ0n) is 12.5. The van der Waals surface area contributed by atoms with Gasteiger partial charge in [-0.1, -0.05) is 52.0 Å². The van der Waals surface area contributed by atoms with Crippen LogP contribution in [0.1, 0.15) is 49.2 Å². The molecule has 2 aromatic carbocycles. The van der Waals surface area contributed by atoms with Crippen LogP contribution < -0.4 is 0 Å². The van der Waals surface area contributed by atoms with Crippen LogP contribution in [0, 0.1) is 0 Å². The van der Waals surface area contributed by atoms with Gasteiger partial charge >= 0.3 is 0 Å². The molecule has 0 aliphatic heterocycles. The van der Waals surface area contributed by atoms with Gasteiger partial charge in [0.05, 0.1) is 0 Å². The van der Waals surface area contributed by atoms with Crippen LogP contribution in [0.5, 0.6) is 0 Å². The summed E-state index contributed by atoms with van der Waals surface area (Å²) in [5, 5.41) is 2.35. The monoisotopic (exact) mass is 264 g/mol. The molecule has 0 radical (unpaired) electrons. The molecule has 0 atom stereocenters. The second-order valence-corrected chi connectivity index (χ2v) is 6.90. The topological polar surface area (TPSA) is 17.1 Å². The van der Waals surface area contributed by atoms with Gasteiger partial charge in [-0.2, -0.15) is 0 Å². The lowest BCUT2D eigenvalue weighted by Gasteiger charge is -2.37. The lowest BCUT2D eigenvalue weighted by molar-refractivity contribution is 0.112. The van der Waals surface area contributed by atoms with Crippen LogP contribution in [-0.4, -0.2) is 6.29 Å². The molecule has 1 aliphatic carbocycles. The van der Waals surface area contributed by atoms with Crippen LogP contribution in [0.4, 0.5) is 0 Å². The number of allylic oxidation sites excluding steroid dienone is 2. The summed E-state index contributed by atoms with van der Waals surface area (Å²) in [5.74, 6) is 0.